The smallest absolute Gasteiger partial charge is 0.326 e. The van der Waals surface area contributed by atoms with Crippen LogP contribution in [0, 0.1) is 5.92 Å². The van der Waals surface area contributed by atoms with Crippen molar-refractivity contribution in [3.8, 4) is 0 Å². The van der Waals surface area contributed by atoms with E-state index >= 15 is 0 Å². The molecule has 1 unspecified atom stereocenters. The van der Waals surface area contributed by atoms with Crippen LogP contribution in [-0.2, 0) is 9.59 Å². The van der Waals surface area contributed by atoms with Gasteiger partial charge in [0.15, 0.2) is 0 Å². The third-order valence-electron chi connectivity index (χ3n) is 4.13. The molecule has 3 N–H and O–H groups in total. The summed E-state index contributed by atoms with van der Waals surface area (Å²) in [5, 5.41) is 9.33. The minimum atomic E-state index is -0.886. The van der Waals surface area contributed by atoms with E-state index in [4.69, 9.17) is 5.73 Å². The van der Waals surface area contributed by atoms with Gasteiger partial charge in [0, 0.05) is 19.0 Å². The predicted molar refractivity (Wildman–Crippen MR) is 66.9 cm³/mol. The summed E-state index contributed by atoms with van der Waals surface area (Å²) >= 11 is 0. The van der Waals surface area contributed by atoms with Crippen molar-refractivity contribution in [1.29, 1.82) is 0 Å². The van der Waals surface area contributed by atoms with Gasteiger partial charge in [-0.1, -0.05) is 32.1 Å². The maximum absolute atomic E-state index is 11.8. The van der Waals surface area contributed by atoms with E-state index in [-0.39, 0.29) is 18.4 Å². The molecule has 2 atom stereocenters. The number of amides is 1. The number of carboxylic acid groups (broad SMARTS) is 1. The Morgan fingerprint density at radius 3 is 2.56 bits per heavy atom. The van der Waals surface area contributed by atoms with Gasteiger partial charge in [0.05, 0.1) is 0 Å². The van der Waals surface area contributed by atoms with E-state index in [0.29, 0.717) is 18.9 Å². The van der Waals surface area contributed by atoms with Crippen molar-refractivity contribution < 1.29 is 14.7 Å². The zero-order valence-corrected chi connectivity index (χ0v) is 10.7. The average molecular weight is 254 g/mol. The highest BCUT2D eigenvalue weighted by Gasteiger charge is 2.37. The summed E-state index contributed by atoms with van der Waals surface area (Å²) in [5.41, 5.74) is 5.73. The van der Waals surface area contributed by atoms with Crippen LogP contribution in [0.4, 0.5) is 0 Å². The maximum Gasteiger partial charge on any atom is 0.326 e. The Bertz CT molecular complexity index is 326. The fourth-order valence-corrected chi connectivity index (χ4v) is 3.16. The lowest BCUT2D eigenvalue weighted by Crippen LogP contribution is -2.44. The fraction of sp³-hybridized carbons (Fsp3) is 0.846. The Labute approximate surface area is 107 Å². The molecule has 1 saturated carbocycles. The van der Waals surface area contributed by atoms with Crippen molar-refractivity contribution in [1.82, 2.24) is 4.90 Å². The molecule has 1 amide bonds. The van der Waals surface area contributed by atoms with Gasteiger partial charge >= 0.3 is 5.97 Å². The maximum atomic E-state index is 11.8. The molecule has 5 nitrogen and oxygen atoms in total. The summed E-state index contributed by atoms with van der Waals surface area (Å²) in [5.74, 6) is -0.543. The van der Waals surface area contributed by atoms with Gasteiger partial charge in [-0.15, -0.1) is 0 Å². The number of nitrogens with zero attached hydrogens (tertiary/aromatic N) is 1. The number of nitrogens with two attached hydrogens (primary N) is 1. The highest BCUT2D eigenvalue weighted by Crippen LogP contribution is 2.29. The molecule has 0 aromatic carbocycles. The number of carbonyl (C=O) groups is 2. The first-order valence-corrected chi connectivity index (χ1v) is 6.85. The Morgan fingerprint density at radius 1 is 1.39 bits per heavy atom. The second kappa shape index (κ2) is 5.69. The van der Waals surface area contributed by atoms with E-state index < -0.39 is 12.0 Å². The van der Waals surface area contributed by atoms with E-state index in [9.17, 15) is 14.7 Å². The molecule has 0 aromatic heterocycles. The molecule has 0 aromatic rings. The molecule has 2 aliphatic rings. The van der Waals surface area contributed by atoms with Crippen molar-refractivity contribution in [3.63, 3.8) is 0 Å². The Kier molecular flexibility index (Phi) is 4.22. The largest absolute Gasteiger partial charge is 0.480 e. The molecule has 0 bridgehead atoms. The third-order valence-corrected chi connectivity index (χ3v) is 4.13. The highest BCUT2D eigenvalue weighted by molar-refractivity contribution is 5.85. The lowest BCUT2D eigenvalue weighted by atomic mass is 9.84. The normalized spacial score (nSPS) is 27.5. The molecule has 18 heavy (non-hydrogen) atoms. The molecular formula is C13H22N2O3. The van der Waals surface area contributed by atoms with Crippen molar-refractivity contribution in [2.24, 2.45) is 11.7 Å². The second-order valence-electron chi connectivity index (χ2n) is 5.60. The second-order valence-corrected chi connectivity index (χ2v) is 5.60. The number of hydrogen-bond acceptors (Lipinski definition) is 3. The molecule has 0 spiro atoms. The van der Waals surface area contributed by atoms with Gasteiger partial charge in [0.2, 0.25) is 5.91 Å². The number of carboxylic acids is 1. The predicted octanol–water partition coefficient (Wildman–Crippen LogP) is 0.970. The van der Waals surface area contributed by atoms with E-state index in [2.05, 4.69) is 0 Å². The van der Waals surface area contributed by atoms with Gasteiger partial charge in [-0.25, -0.2) is 4.79 Å². The van der Waals surface area contributed by atoms with Crippen LogP contribution in [0.1, 0.15) is 44.9 Å². The van der Waals surface area contributed by atoms with Crippen LogP contribution in [0.2, 0.25) is 0 Å². The van der Waals surface area contributed by atoms with E-state index in [0.717, 1.165) is 12.8 Å². The first-order chi connectivity index (χ1) is 8.58. The quantitative estimate of drug-likeness (QED) is 0.783. The van der Waals surface area contributed by atoms with Crippen LogP contribution in [0.3, 0.4) is 0 Å². The molecule has 1 aliphatic carbocycles. The first-order valence-electron chi connectivity index (χ1n) is 6.85. The van der Waals surface area contributed by atoms with Crippen LogP contribution in [0.15, 0.2) is 0 Å². The molecule has 2 rings (SSSR count). The number of carbonyl (C=O) groups excluding carboxylic acids is 1. The minimum Gasteiger partial charge on any atom is -0.480 e. The third kappa shape index (κ3) is 3.02. The molecule has 1 aliphatic heterocycles. The van der Waals surface area contributed by atoms with Gasteiger partial charge in [0.25, 0.3) is 0 Å². The molecule has 0 radical (unpaired) electrons. The minimum absolute atomic E-state index is 0.106. The summed E-state index contributed by atoms with van der Waals surface area (Å²) < 4.78 is 0. The fourth-order valence-electron chi connectivity index (χ4n) is 3.16. The SMILES string of the molecule is NC1CC(=O)N([C@@H](CC2CCCCC2)C(=O)O)C1. The lowest BCUT2D eigenvalue weighted by Gasteiger charge is -2.30. The van der Waals surface area contributed by atoms with Gasteiger partial charge in [-0.05, 0) is 12.3 Å². The van der Waals surface area contributed by atoms with E-state index in [1.807, 2.05) is 0 Å². The molecule has 5 heteroatoms. The number of aliphatic carboxylic acids is 1. The highest BCUT2D eigenvalue weighted by atomic mass is 16.4. The number of likely N-dealkylation sites (tertiary alicyclic amines) is 1. The summed E-state index contributed by atoms with van der Waals surface area (Å²) in [6.45, 7) is 0.391. The molecule has 1 heterocycles. The Hall–Kier alpha value is -1.10. The van der Waals surface area contributed by atoms with Gasteiger partial charge in [-0.3, -0.25) is 4.79 Å². The lowest BCUT2D eigenvalue weighted by molar-refractivity contribution is -0.149. The zero-order chi connectivity index (χ0) is 13.1. The average Bonchev–Trinajstić information content (AvgIpc) is 2.66. The van der Waals surface area contributed by atoms with Crippen LogP contribution >= 0.6 is 0 Å². The van der Waals surface area contributed by atoms with Crippen molar-refractivity contribution in [2.75, 3.05) is 6.54 Å². The molecule has 2 fully saturated rings. The van der Waals surface area contributed by atoms with E-state index in [1.165, 1.54) is 24.2 Å². The summed E-state index contributed by atoms with van der Waals surface area (Å²) in [6.07, 6.45) is 6.69. The number of rotatable bonds is 4. The van der Waals surface area contributed by atoms with Gasteiger partial charge in [0.1, 0.15) is 6.04 Å². The van der Waals surface area contributed by atoms with E-state index in [1.54, 1.807) is 0 Å². The van der Waals surface area contributed by atoms with Crippen molar-refractivity contribution >= 4 is 11.9 Å². The Balaban J connectivity index is 1.99. The Morgan fingerprint density at radius 2 is 2.06 bits per heavy atom. The van der Waals surface area contributed by atoms with Crippen molar-refractivity contribution in [3.05, 3.63) is 0 Å². The molecule has 102 valence electrons. The van der Waals surface area contributed by atoms with Crippen molar-refractivity contribution in [2.45, 2.75) is 57.0 Å². The monoisotopic (exact) mass is 254 g/mol. The van der Waals surface area contributed by atoms with Crippen LogP contribution < -0.4 is 5.73 Å². The van der Waals surface area contributed by atoms with Gasteiger partial charge in [-0.2, -0.15) is 0 Å². The zero-order valence-electron chi connectivity index (χ0n) is 10.7. The topological polar surface area (TPSA) is 83.6 Å². The standard InChI is InChI=1S/C13H22N2O3/c14-10-7-12(16)15(8-10)11(13(17)18)6-9-4-2-1-3-5-9/h9-11H,1-8,14H2,(H,17,18)/t10?,11-/m0/s1. The molecule has 1 saturated heterocycles. The van der Waals surface area contributed by atoms with Gasteiger partial charge < -0.3 is 15.7 Å². The van der Waals surface area contributed by atoms with Crippen LogP contribution in [0.25, 0.3) is 0 Å². The summed E-state index contributed by atoms with van der Waals surface area (Å²) in [7, 11) is 0. The van der Waals surface area contributed by atoms with Crippen LogP contribution in [-0.4, -0.2) is 40.5 Å². The summed E-state index contributed by atoms with van der Waals surface area (Å²) in [4.78, 5) is 24.6. The molecular weight excluding hydrogens is 232 g/mol. The first kappa shape index (κ1) is 13.3. The van der Waals surface area contributed by atoms with Crippen LogP contribution in [0.5, 0.6) is 0 Å². The number of hydrogen-bond donors (Lipinski definition) is 2. The summed E-state index contributed by atoms with van der Waals surface area (Å²) in [6, 6.07) is -0.875.